The molecule has 0 spiro atoms. The quantitative estimate of drug-likeness (QED) is 0.392. The van der Waals surface area contributed by atoms with Crippen molar-refractivity contribution in [2.75, 3.05) is 27.2 Å². The minimum absolute atomic E-state index is 0.104. The van der Waals surface area contributed by atoms with Gasteiger partial charge in [0.2, 0.25) is 5.91 Å². The van der Waals surface area contributed by atoms with Gasteiger partial charge in [-0.1, -0.05) is 18.2 Å². The molecule has 21 heavy (non-hydrogen) atoms. The number of rotatable bonds is 7. The van der Waals surface area contributed by atoms with E-state index in [1.807, 2.05) is 24.3 Å². The lowest BCUT2D eigenvalue weighted by Crippen LogP contribution is -2.43. The van der Waals surface area contributed by atoms with Gasteiger partial charge < -0.3 is 20.7 Å². The van der Waals surface area contributed by atoms with Crippen LogP contribution >= 0.6 is 0 Å². The van der Waals surface area contributed by atoms with E-state index in [9.17, 15) is 4.79 Å². The molecule has 6 nitrogen and oxygen atoms in total. The number of methoxy groups -OCH3 is 1. The molecular formula is C15H22N4O2. The van der Waals surface area contributed by atoms with Gasteiger partial charge in [-0.15, -0.1) is 6.58 Å². The number of aliphatic imine (C=N–C) groups is 1. The average Bonchev–Trinajstić information content (AvgIpc) is 2.53. The fourth-order valence-corrected chi connectivity index (χ4v) is 1.56. The van der Waals surface area contributed by atoms with Crippen molar-refractivity contribution in [3.63, 3.8) is 0 Å². The number of ether oxygens (including phenoxy) is 1. The first-order valence-corrected chi connectivity index (χ1v) is 6.64. The minimum atomic E-state index is -0.104. The number of hydrogen-bond donors (Lipinski definition) is 3. The molecule has 0 saturated heterocycles. The highest BCUT2D eigenvalue weighted by Gasteiger charge is 2.03. The number of nitrogens with zero attached hydrogens (tertiary/aromatic N) is 1. The lowest BCUT2D eigenvalue weighted by Gasteiger charge is -2.11. The van der Waals surface area contributed by atoms with Crippen molar-refractivity contribution in [1.82, 2.24) is 16.0 Å². The molecular weight excluding hydrogens is 268 g/mol. The van der Waals surface area contributed by atoms with Crippen LogP contribution in [0.25, 0.3) is 0 Å². The van der Waals surface area contributed by atoms with Gasteiger partial charge in [-0.2, -0.15) is 0 Å². The third kappa shape index (κ3) is 6.47. The average molecular weight is 290 g/mol. The second-order valence-corrected chi connectivity index (χ2v) is 4.22. The maximum absolute atomic E-state index is 11.7. The second-order valence-electron chi connectivity index (χ2n) is 4.22. The van der Waals surface area contributed by atoms with Crippen molar-refractivity contribution in [2.45, 2.75) is 6.54 Å². The van der Waals surface area contributed by atoms with E-state index >= 15 is 0 Å². The number of carbonyl (C=O) groups excluding carboxylic acids is 1. The second kappa shape index (κ2) is 9.41. The first-order chi connectivity index (χ1) is 10.2. The van der Waals surface area contributed by atoms with Crippen molar-refractivity contribution in [2.24, 2.45) is 4.99 Å². The van der Waals surface area contributed by atoms with Gasteiger partial charge in [-0.05, 0) is 17.7 Å². The number of carbonyl (C=O) groups is 1. The molecule has 0 atom stereocenters. The Hall–Kier alpha value is -2.50. The number of amides is 1. The summed E-state index contributed by atoms with van der Waals surface area (Å²) in [4.78, 5) is 15.7. The first kappa shape index (κ1) is 16.6. The molecule has 0 aliphatic rings. The molecule has 0 aliphatic heterocycles. The van der Waals surface area contributed by atoms with Crippen LogP contribution in [0.3, 0.4) is 0 Å². The summed E-state index contributed by atoms with van der Waals surface area (Å²) in [7, 11) is 3.27. The van der Waals surface area contributed by atoms with Crippen LogP contribution in [0, 0.1) is 0 Å². The molecule has 1 rings (SSSR count). The molecule has 0 unspecified atom stereocenters. The Morgan fingerprint density at radius 3 is 2.57 bits per heavy atom. The molecule has 6 heteroatoms. The van der Waals surface area contributed by atoms with E-state index in [0.717, 1.165) is 11.3 Å². The van der Waals surface area contributed by atoms with Crippen LogP contribution in [0.5, 0.6) is 5.75 Å². The summed E-state index contributed by atoms with van der Waals surface area (Å²) in [6, 6.07) is 7.55. The van der Waals surface area contributed by atoms with E-state index in [-0.39, 0.29) is 12.5 Å². The van der Waals surface area contributed by atoms with E-state index < -0.39 is 0 Å². The molecule has 0 saturated carbocycles. The monoisotopic (exact) mass is 290 g/mol. The Bertz CT molecular complexity index is 483. The highest BCUT2D eigenvalue weighted by atomic mass is 16.5. The number of benzene rings is 1. The molecule has 0 radical (unpaired) electrons. The molecule has 1 amide bonds. The maximum Gasteiger partial charge on any atom is 0.239 e. The van der Waals surface area contributed by atoms with Gasteiger partial charge in [0, 0.05) is 20.1 Å². The third-order valence-electron chi connectivity index (χ3n) is 2.70. The smallest absolute Gasteiger partial charge is 0.239 e. The normalized spacial score (nSPS) is 10.7. The fourth-order valence-electron chi connectivity index (χ4n) is 1.56. The lowest BCUT2D eigenvalue weighted by atomic mass is 10.2. The van der Waals surface area contributed by atoms with Crippen molar-refractivity contribution >= 4 is 11.9 Å². The van der Waals surface area contributed by atoms with E-state index in [0.29, 0.717) is 19.0 Å². The molecule has 0 bridgehead atoms. The van der Waals surface area contributed by atoms with Crippen molar-refractivity contribution < 1.29 is 9.53 Å². The summed E-state index contributed by atoms with van der Waals surface area (Å²) >= 11 is 0. The Labute approximate surface area is 125 Å². The van der Waals surface area contributed by atoms with Crippen LogP contribution in [0.1, 0.15) is 5.56 Å². The van der Waals surface area contributed by atoms with Crippen LogP contribution in [0.15, 0.2) is 41.9 Å². The molecule has 0 heterocycles. The first-order valence-electron chi connectivity index (χ1n) is 6.64. The molecule has 3 N–H and O–H groups in total. The number of hydrogen-bond acceptors (Lipinski definition) is 3. The predicted molar refractivity (Wildman–Crippen MR) is 84.4 cm³/mol. The van der Waals surface area contributed by atoms with E-state index in [1.54, 1.807) is 20.2 Å². The summed E-state index contributed by atoms with van der Waals surface area (Å²) in [5, 5.41) is 8.73. The largest absolute Gasteiger partial charge is 0.497 e. The van der Waals surface area contributed by atoms with Gasteiger partial charge in [0.05, 0.1) is 13.7 Å². The van der Waals surface area contributed by atoms with E-state index in [1.165, 1.54) is 0 Å². The van der Waals surface area contributed by atoms with Gasteiger partial charge >= 0.3 is 0 Å². The van der Waals surface area contributed by atoms with Gasteiger partial charge in [0.15, 0.2) is 5.96 Å². The summed E-state index contributed by atoms with van der Waals surface area (Å²) in [5.41, 5.74) is 1.01. The zero-order valence-electron chi connectivity index (χ0n) is 12.5. The Balaban J connectivity index is 2.31. The summed E-state index contributed by atoms with van der Waals surface area (Å²) in [6.45, 7) is 4.83. The SMILES string of the molecule is C=CCNC(=NC)NCC(=O)NCc1ccc(OC)cc1. The van der Waals surface area contributed by atoms with E-state index in [2.05, 4.69) is 27.5 Å². The summed E-state index contributed by atoms with van der Waals surface area (Å²) in [5.74, 6) is 1.26. The molecule has 1 aromatic rings. The van der Waals surface area contributed by atoms with Gasteiger partial charge in [0.25, 0.3) is 0 Å². The number of nitrogens with one attached hydrogen (secondary N) is 3. The van der Waals surface area contributed by atoms with Crippen LogP contribution in [-0.4, -0.2) is 39.1 Å². The van der Waals surface area contributed by atoms with Crippen LogP contribution in [-0.2, 0) is 11.3 Å². The Morgan fingerprint density at radius 1 is 1.29 bits per heavy atom. The molecule has 1 aromatic carbocycles. The van der Waals surface area contributed by atoms with Crippen LogP contribution in [0.4, 0.5) is 0 Å². The van der Waals surface area contributed by atoms with Crippen molar-refractivity contribution in [3.05, 3.63) is 42.5 Å². The standard InChI is InChI=1S/C15H22N4O2/c1-4-9-17-15(16-2)19-11-14(20)18-10-12-5-7-13(21-3)8-6-12/h4-8H,1,9-11H2,2-3H3,(H,18,20)(H2,16,17,19). The Kier molecular flexibility index (Phi) is 7.42. The molecule has 0 aromatic heterocycles. The number of guanidine groups is 1. The van der Waals surface area contributed by atoms with Gasteiger partial charge in [-0.3, -0.25) is 9.79 Å². The van der Waals surface area contributed by atoms with E-state index in [4.69, 9.17) is 4.74 Å². The summed E-state index contributed by atoms with van der Waals surface area (Å²) in [6.07, 6.45) is 1.72. The Morgan fingerprint density at radius 2 is 2.00 bits per heavy atom. The summed E-state index contributed by atoms with van der Waals surface area (Å²) < 4.78 is 5.08. The maximum atomic E-state index is 11.7. The van der Waals surface area contributed by atoms with Crippen LogP contribution < -0.4 is 20.7 Å². The van der Waals surface area contributed by atoms with Gasteiger partial charge in [0.1, 0.15) is 5.75 Å². The van der Waals surface area contributed by atoms with Crippen molar-refractivity contribution in [1.29, 1.82) is 0 Å². The zero-order valence-corrected chi connectivity index (χ0v) is 12.5. The van der Waals surface area contributed by atoms with Crippen LogP contribution in [0.2, 0.25) is 0 Å². The zero-order chi connectivity index (χ0) is 15.5. The highest BCUT2D eigenvalue weighted by molar-refractivity contribution is 5.86. The molecule has 0 fully saturated rings. The molecule has 114 valence electrons. The minimum Gasteiger partial charge on any atom is -0.497 e. The fraction of sp³-hybridized carbons (Fsp3) is 0.333. The van der Waals surface area contributed by atoms with Gasteiger partial charge in [-0.25, -0.2) is 0 Å². The highest BCUT2D eigenvalue weighted by Crippen LogP contribution is 2.10. The topological polar surface area (TPSA) is 74.8 Å². The predicted octanol–water partition coefficient (Wildman–Crippen LogP) is 0.662. The van der Waals surface area contributed by atoms with Crippen molar-refractivity contribution in [3.8, 4) is 5.75 Å². The third-order valence-corrected chi connectivity index (χ3v) is 2.70. The lowest BCUT2D eigenvalue weighted by molar-refractivity contribution is -0.120. The molecule has 0 aliphatic carbocycles.